The number of nitrogens with two attached hydrogens (primary N) is 1. The molecule has 1 heterocycles. The van der Waals surface area contributed by atoms with E-state index in [0.717, 1.165) is 47.5 Å². The van der Waals surface area contributed by atoms with E-state index in [-0.39, 0.29) is 6.09 Å². The molecule has 0 radical (unpaired) electrons. The lowest BCUT2D eigenvalue weighted by Gasteiger charge is -2.27. The summed E-state index contributed by atoms with van der Waals surface area (Å²) in [6, 6.07) is 4.05. The lowest BCUT2D eigenvalue weighted by molar-refractivity contribution is 0.0263. The van der Waals surface area contributed by atoms with Crippen molar-refractivity contribution in [2.75, 3.05) is 36.8 Å². The molecule has 0 atom stereocenters. The summed E-state index contributed by atoms with van der Waals surface area (Å²) in [4.78, 5) is 16.3. The summed E-state index contributed by atoms with van der Waals surface area (Å²) in [5.74, 6) is 0. The molecule has 1 aromatic rings. The summed E-state index contributed by atoms with van der Waals surface area (Å²) >= 11 is 3.60. The number of aryl methyl sites for hydroxylation is 1. The van der Waals surface area contributed by atoms with E-state index < -0.39 is 5.60 Å². The number of halogens is 1. The van der Waals surface area contributed by atoms with Crippen LogP contribution >= 0.6 is 15.9 Å². The zero-order valence-electron chi connectivity index (χ0n) is 14.4. The second-order valence-corrected chi connectivity index (χ2v) is 7.82. The van der Waals surface area contributed by atoms with Crippen LogP contribution < -0.4 is 10.6 Å². The molecule has 1 aromatic carbocycles. The Morgan fingerprint density at radius 1 is 1.22 bits per heavy atom. The Bertz CT molecular complexity index is 584. The SMILES string of the molecule is Cc1cc(N2CCCN(C(=O)OC(C)(C)C)CC2)c(Br)cc1N. The molecule has 0 unspecified atom stereocenters. The molecule has 1 fully saturated rings. The van der Waals surface area contributed by atoms with E-state index in [1.54, 1.807) is 4.90 Å². The van der Waals surface area contributed by atoms with Crippen molar-refractivity contribution in [3.63, 3.8) is 0 Å². The van der Waals surface area contributed by atoms with Crippen molar-refractivity contribution in [1.29, 1.82) is 0 Å². The molecule has 1 aliphatic rings. The Labute approximate surface area is 146 Å². The number of nitrogen functional groups attached to an aromatic ring is 1. The van der Waals surface area contributed by atoms with Gasteiger partial charge in [0.05, 0.1) is 5.69 Å². The van der Waals surface area contributed by atoms with Crippen LogP contribution in [0.25, 0.3) is 0 Å². The van der Waals surface area contributed by atoms with Crippen LogP contribution in [-0.2, 0) is 4.74 Å². The summed E-state index contributed by atoms with van der Waals surface area (Å²) in [6.45, 7) is 10.7. The van der Waals surface area contributed by atoms with Crippen molar-refractivity contribution >= 4 is 33.4 Å². The van der Waals surface area contributed by atoms with Crippen LogP contribution in [0, 0.1) is 6.92 Å². The predicted molar refractivity (Wildman–Crippen MR) is 97.9 cm³/mol. The van der Waals surface area contributed by atoms with E-state index in [4.69, 9.17) is 10.5 Å². The average molecular weight is 384 g/mol. The molecule has 5 nitrogen and oxygen atoms in total. The third kappa shape index (κ3) is 4.77. The number of hydrogen-bond donors (Lipinski definition) is 1. The van der Waals surface area contributed by atoms with Crippen molar-refractivity contribution in [3.8, 4) is 0 Å². The molecule has 0 bridgehead atoms. The first-order valence-electron chi connectivity index (χ1n) is 7.96. The van der Waals surface area contributed by atoms with Gasteiger partial charge >= 0.3 is 6.09 Å². The maximum absolute atomic E-state index is 12.2. The number of ether oxygens (including phenoxy) is 1. The molecule has 1 amide bonds. The van der Waals surface area contributed by atoms with E-state index in [9.17, 15) is 4.79 Å². The molecule has 23 heavy (non-hydrogen) atoms. The fourth-order valence-electron chi connectivity index (χ4n) is 2.59. The van der Waals surface area contributed by atoms with E-state index in [2.05, 4.69) is 26.9 Å². The van der Waals surface area contributed by atoms with Crippen molar-refractivity contribution in [1.82, 2.24) is 4.90 Å². The molecule has 128 valence electrons. The normalized spacial score (nSPS) is 16.2. The van der Waals surface area contributed by atoms with Crippen LogP contribution in [0.5, 0.6) is 0 Å². The smallest absolute Gasteiger partial charge is 0.410 e. The lowest BCUT2D eigenvalue weighted by Crippen LogP contribution is -2.39. The van der Waals surface area contributed by atoms with E-state index in [1.165, 1.54) is 0 Å². The standard InChI is InChI=1S/C17H26BrN3O2/c1-12-10-15(13(18)11-14(12)19)20-6-5-7-21(9-8-20)16(22)23-17(2,3)4/h10-11H,5-9,19H2,1-4H3. The first-order chi connectivity index (χ1) is 10.7. The van der Waals surface area contributed by atoms with Crippen LogP contribution in [-0.4, -0.2) is 42.8 Å². The minimum atomic E-state index is -0.458. The molecule has 0 spiro atoms. The maximum Gasteiger partial charge on any atom is 0.410 e. The Morgan fingerprint density at radius 3 is 2.57 bits per heavy atom. The molecular formula is C17H26BrN3O2. The first-order valence-corrected chi connectivity index (χ1v) is 8.75. The number of carbonyl (C=O) groups excluding carboxylic acids is 1. The van der Waals surface area contributed by atoms with Crippen LogP contribution in [0.4, 0.5) is 16.2 Å². The Balaban J connectivity index is 2.07. The van der Waals surface area contributed by atoms with Gasteiger partial charge in [-0.2, -0.15) is 0 Å². The average Bonchev–Trinajstić information content (AvgIpc) is 2.67. The molecule has 0 aromatic heterocycles. The molecule has 6 heteroatoms. The van der Waals surface area contributed by atoms with Gasteiger partial charge in [0, 0.05) is 36.3 Å². The first kappa shape index (κ1) is 17.9. The number of hydrogen-bond acceptors (Lipinski definition) is 4. The number of benzene rings is 1. The van der Waals surface area contributed by atoms with Crippen molar-refractivity contribution in [3.05, 3.63) is 22.2 Å². The third-order valence-electron chi connectivity index (χ3n) is 3.82. The molecule has 0 aliphatic carbocycles. The molecule has 2 N–H and O–H groups in total. The van der Waals surface area contributed by atoms with Crippen LogP contribution in [0.15, 0.2) is 16.6 Å². The molecule has 0 saturated carbocycles. The van der Waals surface area contributed by atoms with Gasteiger partial charge < -0.3 is 20.3 Å². The predicted octanol–water partition coefficient (Wildman–Crippen LogP) is 3.79. The van der Waals surface area contributed by atoms with Gasteiger partial charge in [-0.15, -0.1) is 0 Å². The van der Waals surface area contributed by atoms with Gasteiger partial charge in [-0.25, -0.2) is 4.79 Å². The summed E-state index contributed by atoms with van der Waals surface area (Å²) in [6.07, 6.45) is 0.682. The number of rotatable bonds is 1. The highest BCUT2D eigenvalue weighted by molar-refractivity contribution is 9.10. The van der Waals surface area contributed by atoms with E-state index >= 15 is 0 Å². The van der Waals surface area contributed by atoms with Crippen LogP contribution in [0.2, 0.25) is 0 Å². The Kier molecular flexibility index (Phi) is 5.45. The number of anilines is 2. The summed E-state index contributed by atoms with van der Waals surface area (Å²) in [5, 5.41) is 0. The molecule has 2 rings (SSSR count). The second-order valence-electron chi connectivity index (χ2n) is 6.97. The highest BCUT2D eigenvalue weighted by Crippen LogP contribution is 2.31. The summed E-state index contributed by atoms with van der Waals surface area (Å²) in [7, 11) is 0. The van der Waals surface area contributed by atoms with E-state index in [1.807, 2.05) is 33.8 Å². The van der Waals surface area contributed by atoms with Crippen molar-refractivity contribution < 1.29 is 9.53 Å². The number of nitrogens with zero attached hydrogens (tertiary/aromatic N) is 2. The Morgan fingerprint density at radius 2 is 1.91 bits per heavy atom. The van der Waals surface area contributed by atoms with E-state index in [0.29, 0.717) is 6.54 Å². The van der Waals surface area contributed by atoms with Crippen molar-refractivity contribution in [2.24, 2.45) is 0 Å². The van der Waals surface area contributed by atoms with Gasteiger partial charge in [0.25, 0.3) is 0 Å². The highest BCUT2D eigenvalue weighted by atomic mass is 79.9. The number of amides is 1. The number of carbonyl (C=O) groups is 1. The zero-order chi connectivity index (χ0) is 17.2. The molecule has 1 saturated heterocycles. The van der Waals surface area contributed by atoms with Gasteiger partial charge in [-0.1, -0.05) is 0 Å². The monoisotopic (exact) mass is 383 g/mol. The van der Waals surface area contributed by atoms with Gasteiger partial charge in [0.2, 0.25) is 0 Å². The highest BCUT2D eigenvalue weighted by Gasteiger charge is 2.25. The zero-order valence-corrected chi connectivity index (χ0v) is 15.9. The van der Waals surface area contributed by atoms with Crippen LogP contribution in [0.3, 0.4) is 0 Å². The topological polar surface area (TPSA) is 58.8 Å². The summed E-state index contributed by atoms with van der Waals surface area (Å²) < 4.78 is 6.47. The van der Waals surface area contributed by atoms with Gasteiger partial charge in [0.1, 0.15) is 5.60 Å². The fraction of sp³-hybridized carbons (Fsp3) is 0.588. The summed E-state index contributed by atoms with van der Waals surface area (Å²) in [5.41, 5.74) is 8.47. The van der Waals surface area contributed by atoms with Crippen LogP contribution in [0.1, 0.15) is 32.8 Å². The second kappa shape index (κ2) is 6.99. The molecular weight excluding hydrogens is 358 g/mol. The molecule has 1 aliphatic heterocycles. The Hall–Kier alpha value is -1.43. The van der Waals surface area contributed by atoms with Crippen molar-refractivity contribution in [2.45, 2.75) is 39.7 Å². The third-order valence-corrected chi connectivity index (χ3v) is 4.46. The quantitative estimate of drug-likeness (QED) is 0.749. The largest absolute Gasteiger partial charge is 0.444 e. The van der Waals surface area contributed by atoms with Gasteiger partial charge in [0.15, 0.2) is 0 Å². The maximum atomic E-state index is 12.2. The fourth-order valence-corrected chi connectivity index (χ4v) is 3.20. The lowest BCUT2D eigenvalue weighted by atomic mass is 10.1. The van der Waals surface area contributed by atoms with Gasteiger partial charge in [-0.05, 0) is 67.7 Å². The van der Waals surface area contributed by atoms with Gasteiger partial charge in [-0.3, -0.25) is 0 Å². The minimum Gasteiger partial charge on any atom is -0.444 e. The minimum absolute atomic E-state index is 0.230.